The number of likely N-dealkylation sites (N-methyl/N-ethyl adjacent to an activating group) is 1. The quantitative estimate of drug-likeness (QED) is 0.808. The number of fused-ring (bicyclic) bond motifs is 1. The molecular formula is C14H19N3O. The second-order valence-electron chi connectivity index (χ2n) is 5.14. The van der Waals surface area contributed by atoms with E-state index in [-0.39, 0.29) is 6.03 Å². The number of carbonyl (C=O) groups excluding carboxylic acids is 1. The highest BCUT2D eigenvalue weighted by Gasteiger charge is 2.22. The van der Waals surface area contributed by atoms with Gasteiger partial charge in [-0.2, -0.15) is 0 Å². The largest absolute Gasteiger partial charge is 0.336 e. The molecule has 2 heterocycles. The highest BCUT2D eigenvalue weighted by Crippen LogP contribution is 2.23. The van der Waals surface area contributed by atoms with Gasteiger partial charge < -0.3 is 10.2 Å². The zero-order chi connectivity index (χ0) is 12.5. The van der Waals surface area contributed by atoms with Gasteiger partial charge in [-0.1, -0.05) is 6.07 Å². The number of hydrogen-bond donors (Lipinski definition) is 1. The summed E-state index contributed by atoms with van der Waals surface area (Å²) < 4.78 is 0. The smallest absolute Gasteiger partial charge is 0.321 e. The van der Waals surface area contributed by atoms with Gasteiger partial charge in [-0.15, -0.1) is 0 Å². The van der Waals surface area contributed by atoms with Crippen LogP contribution in [0.5, 0.6) is 0 Å². The van der Waals surface area contributed by atoms with Crippen LogP contribution in [-0.2, 0) is 12.8 Å². The molecule has 0 spiro atoms. The van der Waals surface area contributed by atoms with Crippen LogP contribution in [0.2, 0.25) is 0 Å². The van der Waals surface area contributed by atoms with Gasteiger partial charge in [0.2, 0.25) is 0 Å². The van der Waals surface area contributed by atoms with Crippen LogP contribution < -0.4 is 10.2 Å². The Balaban J connectivity index is 1.89. The number of nitrogens with zero attached hydrogens (tertiary/aromatic N) is 2. The molecule has 0 unspecified atom stereocenters. The van der Waals surface area contributed by atoms with Gasteiger partial charge in [-0.05, 0) is 43.1 Å². The first-order valence-corrected chi connectivity index (χ1v) is 6.60. The van der Waals surface area contributed by atoms with E-state index in [1.807, 2.05) is 4.90 Å². The molecule has 0 aliphatic carbocycles. The molecule has 0 radical (unpaired) electrons. The second-order valence-corrected chi connectivity index (χ2v) is 5.14. The van der Waals surface area contributed by atoms with E-state index < -0.39 is 0 Å². The molecule has 3 rings (SSSR count). The fraction of sp³-hybridized carbons (Fsp3) is 0.500. The van der Waals surface area contributed by atoms with E-state index >= 15 is 0 Å². The number of benzene rings is 1. The Labute approximate surface area is 108 Å². The number of urea groups is 1. The number of nitrogens with one attached hydrogen (secondary N) is 1. The zero-order valence-corrected chi connectivity index (χ0v) is 10.8. The number of hydrogen-bond acceptors (Lipinski definition) is 2. The fourth-order valence-electron chi connectivity index (χ4n) is 2.71. The minimum Gasteiger partial charge on any atom is -0.336 e. The molecule has 1 aromatic carbocycles. The van der Waals surface area contributed by atoms with E-state index in [0.29, 0.717) is 0 Å². The van der Waals surface area contributed by atoms with E-state index in [2.05, 4.69) is 35.5 Å². The third kappa shape index (κ3) is 2.08. The van der Waals surface area contributed by atoms with Crippen molar-refractivity contribution in [3.8, 4) is 0 Å². The first kappa shape index (κ1) is 11.5. The average molecular weight is 245 g/mol. The van der Waals surface area contributed by atoms with Crippen molar-refractivity contribution >= 4 is 11.7 Å². The van der Waals surface area contributed by atoms with Crippen LogP contribution in [0.1, 0.15) is 11.1 Å². The molecule has 0 atom stereocenters. The van der Waals surface area contributed by atoms with Crippen LogP contribution in [0.3, 0.4) is 0 Å². The first-order chi connectivity index (χ1) is 8.74. The van der Waals surface area contributed by atoms with E-state index in [9.17, 15) is 4.79 Å². The lowest BCUT2D eigenvalue weighted by molar-refractivity contribution is 0.252. The molecular weight excluding hydrogens is 226 g/mol. The summed E-state index contributed by atoms with van der Waals surface area (Å²) in [4.78, 5) is 15.9. The van der Waals surface area contributed by atoms with Crippen molar-refractivity contribution < 1.29 is 4.79 Å². The highest BCUT2D eigenvalue weighted by molar-refractivity contribution is 5.94. The summed E-state index contributed by atoms with van der Waals surface area (Å²) in [5.41, 5.74) is 3.87. The summed E-state index contributed by atoms with van der Waals surface area (Å²) in [6.45, 7) is 3.75. The van der Waals surface area contributed by atoms with Gasteiger partial charge in [0.1, 0.15) is 0 Å². The normalized spacial score (nSPS) is 20.5. The van der Waals surface area contributed by atoms with Gasteiger partial charge in [-0.3, -0.25) is 4.90 Å². The third-order valence-corrected chi connectivity index (χ3v) is 3.88. The van der Waals surface area contributed by atoms with Crippen molar-refractivity contribution in [1.29, 1.82) is 0 Å². The van der Waals surface area contributed by atoms with Gasteiger partial charge >= 0.3 is 6.03 Å². The second kappa shape index (κ2) is 4.61. The zero-order valence-electron chi connectivity index (χ0n) is 10.8. The topological polar surface area (TPSA) is 35.6 Å². The SMILES string of the molecule is CN1CCc2ccc(N3CCNC3=O)cc2CC1. The van der Waals surface area contributed by atoms with Gasteiger partial charge in [0.05, 0.1) is 0 Å². The van der Waals surface area contributed by atoms with Crippen molar-refractivity contribution in [2.45, 2.75) is 12.8 Å². The van der Waals surface area contributed by atoms with Crippen molar-refractivity contribution in [2.75, 3.05) is 38.1 Å². The van der Waals surface area contributed by atoms with Crippen LogP contribution in [0, 0.1) is 0 Å². The van der Waals surface area contributed by atoms with Crippen molar-refractivity contribution in [1.82, 2.24) is 10.2 Å². The number of rotatable bonds is 1. The van der Waals surface area contributed by atoms with E-state index in [4.69, 9.17) is 0 Å². The Morgan fingerprint density at radius 3 is 2.61 bits per heavy atom. The van der Waals surface area contributed by atoms with Crippen molar-refractivity contribution in [2.24, 2.45) is 0 Å². The maximum atomic E-state index is 11.7. The van der Waals surface area contributed by atoms with E-state index in [0.717, 1.165) is 44.7 Å². The molecule has 18 heavy (non-hydrogen) atoms. The van der Waals surface area contributed by atoms with Gasteiger partial charge in [0.25, 0.3) is 0 Å². The monoisotopic (exact) mass is 245 g/mol. The molecule has 0 bridgehead atoms. The lowest BCUT2D eigenvalue weighted by Gasteiger charge is -2.16. The molecule has 4 heteroatoms. The van der Waals surface area contributed by atoms with Gasteiger partial charge in [-0.25, -0.2) is 4.79 Å². The Morgan fingerprint density at radius 2 is 1.89 bits per heavy atom. The van der Waals surface area contributed by atoms with Crippen LogP contribution in [0.25, 0.3) is 0 Å². The Hall–Kier alpha value is -1.55. The summed E-state index contributed by atoms with van der Waals surface area (Å²) in [6, 6.07) is 6.49. The molecule has 96 valence electrons. The van der Waals surface area contributed by atoms with Crippen LogP contribution in [0.4, 0.5) is 10.5 Å². The minimum atomic E-state index is 0.0284. The predicted molar refractivity (Wildman–Crippen MR) is 72.1 cm³/mol. The van der Waals surface area contributed by atoms with Crippen LogP contribution >= 0.6 is 0 Å². The van der Waals surface area contributed by atoms with Gasteiger partial charge in [0, 0.05) is 31.9 Å². The van der Waals surface area contributed by atoms with E-state index in [1.54, 1.807) is 0 Å². The van der Waals surface area contributed by atoms with Crippen molar-refractivity contribution in [3.05, 3.63) is 29.3 Å². The molecule has 1 fully saturated rings. The minimum absolute atomic E-state index is 0.0284. The molecule has 0 saturated carbocycles. The average Bonchev–Trinajstić information content (AvgIpc) is 2.71. The lowest BCUT2D eigenvalue weighted by Crippen LogP contribution is -2.27. The summed E-state index contributed by atoms with van der Waals surface area (Å²) in [6.07, 6.45) is 2.19. The number of amides is 2. The predicted octanol–water partition coefficient (Wildman–Crippen LogP) is 1.25. The van der Waals surface area contributed by atoms with Crippen LogP contribution in [0.15, 0.2) is 18.2 Å². The fourth-order valence-corrected chi connectivity index (χ4v) is 2.71. The third-order valence-electron chi connectivity index (χ3n) is 3.88. The molecule has 0 aromatic heterocycles. The lowest BCUT2D eigenvalue weighted by atomic mass is 10.0. The van der Waals surface area contributed by atoms with Crippen molar-refractivity contribution in [3.63, 3.8) is 0 Å². The molecule has 1 N–H and O–H groups in total. The molecule has 1 aromatic rings. The Bertz CT molecular complexity index is 472. The molecule has 2 aliphatic rings. The Morgan fingerprint density at radius 1 is 1.11 bits per heavy atom. The first-order valence-electron chi connectivity index (χ1n) is 6.60. The highest BCUT2D eigenvalue weighted by atomic mass is 16.2. The summed E-state index contributed by atoms with van der Waals surface area (Å²) >= 11 is 0. The maximum Gasteiger partial charge on any atom is 0.321 e. The Kier molecular flexibility index (Phi) is 2.96. The molecule has 1 saturated heterocycles. The molecule has 2 aliphatic heterocycles. The number of anilines is 1. The maximum absolute atomic E-state index is 11.7. The van der Waals surface area contributed by atoms with Gasteiger partial charge in [0.15, 0.2) is 0 Å². The summed E-state index contributed by atoms with van der Waals surface area (Å²) in [5, 5.41) is 2.85. The molecule has 2 amide bonds. The standard InChI is InChI=1S/C14H19N3O/c1-16-7-4-11-2-3-13(10-12(11)5-8-16)17-9-6-15-14(17)18/h2-3,10H,4-9H2,1H3,(H,15,18). The van der Waals surface area contributed by atoms with E-state index in [1.165, 1.54) is 11.1 Å². The number of carbonyl (C=O) groups is 1. The molecule has 4 nitrogen and oxygen atoms in total. The summed E-state index contributed by atoms with van der Waals surface area (Å²) in [5.74, 6) is 0. The summed E-state index contributed by atoms with van der Waals surface area (Å²) in [7, 11) is 2.17. The van der Waals surface area contributed by atoms with Crippen LogP contribution in [-0.4, -0.2) is 44.2 Å².